The third-order valence-corrected chi connectivity index (χ3v) is 1.07. The molecule has 3 heteroatoms. The number of hydrogen-bond acceptors (Lipinski definition) is 2. The molecule has 0 heterocycles. The van der Waals surface area contributed by atoms with Crippen LogP contribution in [0.1, 0.15) is 27.2 Å². The van der Waals surface area contributed by atoms with Crippen LogP contribution in [0.4, 0.5) is 0 Å². The monoisotopic (exact) mass is 216 g/mol. The Kier molecular flexibility index (Phi) is 6.72. The van der Waals surface area contributed by atoms with Gasteiger partial charge in [-0.25, -0.2) is 0 Å². The van der Waals surface area contributed by atoms with Crippen LogP contribution in [-0.2, 0) is 42.3 Å². The third kappa shape index (κ3) is 5.25. The molecule has 0 aromatic heterocycles. The summed E-state index contributed by atoms with van der Waals surface area (Å²) in [5.41, 5.74) is -0.391. The van der Waals surface area contributed by atoms with E-state index in [4.69, 9.17) is 0 Å². The van der Waals surface area contributed by atoms with Crippen molar-refractivity contribution in [3.63, 3.8) is 0 Å². The van der Waals surface area contributed by atoms with Crippen LogP contribution in [0.2, 0.25) is 0 Å². The quantitative estimate of drug-likeness (QED) is 0.511. The van der Waals surface area contributed by atoms with Crippen molar-refractivity contribution >= 4 is 12.1 Å². The van der Waals surface area contributed by atoms with Gasteiger partial charge < -0.3 is 9.59 Å². The third-order valence-electron chi connectivity index (χ3n) is 1.07. The summed E-state index contributed by atoms with van der Waals surface area (Å²) in [6.07, 6.45) is 1.49. The van der Waals surface area contributed by atoms with Crippen molar-refractivity contribution in [1.29, 1.82) is 0 Å². The zero-order valence-electron chi connectivity index (χ0n) is 6.60. The van der Waals surface area contributed by atoms with E-state index in [9.17, 15) is 9.59 Å². The molecular formula is C7H11O2Y-. The van der Waals surface area contributed by atoms with Crippen LogP contribution in [0, 0.1) is 5.41 Å². The Morgan fingerprint density at radius 2 is 1.80 bits per heavy atom. The minimum Gasteiger partial charge on any atom is -0.541 e. The molecule has 0 aliphatic heterocycles. The Hall–Kier alpha value is 0.444. The standard InChI is InChI=1S/C7H11O2.Y/c1-7(2,3)6(9)4-5-8;/h4H2,1-3H3;/q-1;. The number of hydrogen-bond donors (Lipinski definition) is 0. The Labute approximate surface area is 86.6 Å². The summed E-state index contributed by atoms with van der Waals surface area (Å²) in [7, 11) is 0. The Balaban J connectivity index is 0. The van der Waals surface area contributed by atoms with Gasteiger partial charge in [0.05, 0.1) is 0 Å². The van der Waals surface area contributed by atoms with Crippen molar-refractivity contribution in [2.75, 3.05) is 0 Å². The van der Waals surface area contributed by atoms with E-state index < -0.39 is 5.41 Å². The van der Waals surface area contributed by atoms with Gasteiger partial charge in [0.25, 0.3) is 0 Å². The summed E-state index contributed by atoms with van der Waals surface area (Å²) in [5.74, 6) is -0.0579. The van der Waals surface area contributed by atoms with Crippen molar-refractivity contribution in [3.05, 3.63) is 0 Å². The zero-order valence-corrected chi connectivity index (χ0v) is 9.44. The number of carbonyl (C=O) groups is 1. The molecule has 0 saturated heterocycles. The van der Waals surface area contributed by atoms with Crippen molar-refractivity contribution in [2.45, 2.75) is 27.2 Å². The molecular weight excluding hydrogens is 205 g/mol. The zero-order chi connectivity index (χ0) is 7.49. The van der Waals surface area contributed by atoms with Crippen LogP contribution >= 0.6 is 0 Å². The minimum atomic E-state index is -0.391. The van der Waals surface area contributed by atoms with E-state index in [-0.39, 0.29) is 44.9 Å². The van der Waals surface area contributed by atoms with Gasteiger partial charge in [-0.05, 0) is 0 Å². The normalized spacial score (nSPS) is 9.90. The van der Waals surface area contributed by atoms with E-state index in [0.29, 0.717) is 0 Å². The van der Waals surface area contributed by atoms with Gasteiger partial charge in [-0.1, -0.05) is 27.2 Å². The number of rotatable bonds is 2. The van der Waals surface area contributed by atoms with E-state index >= 15 is 0 Å². The van der Waals surface area contributed by atoms with Crippen LogP contribution < -0.4 is 0 Å². The van der Waals surface area contributed by atoms with E-state index in [1.807, 2.05) is 0 Å². The van der Waals surface area contributed by atoms with Crippen molar-refractivity contribution < 1.29 is 42.3 Å². The van der Waals surface area contributed by atoms with Gasteiger partial charge in [0, 0.05) is 38.1 Å². The smallest absolute Gasteiger partial charge is 0.112 e. The molecule has 0 aliphatic carbocycles. The van der Waals surface area contributed by atoms with Gasteiger partial charge in [-0.15, -0.1) is 0 Å². The molecule has 0 unspecified atom stereocenters. The fraction of sp³-hybridized carbons (Fsp3) is 0.714. The topological polar surface area (TPSA) is 34.1 Å². The second-order valence-corrected chi connectivity index (χ2v) is 2.99. The van der Waals surface area contributed by atoms with Gasteiger partial charge >= 0.3 is 0 Å². The Morgan fingerprint density at radius 1 is 1.40 bits per heavy atom. The Morgan fingerprint density at radius 3 is 1.90 bits per heavy atom. The van der Waals surface area contributed by atoms with E-state index in [2.05, 4.69) is 0 Å². The number of Topliss-reactive ketones (excluding diaryl/α,β-unsaturated/α-hetero) is 1. The van der Waals surface area contributed by atoms with Crippen LogP contribution in [0.5, 0.6) is 0 Å². The Bertz CT molecular complexity index is 124. The first-order chi connectivity index (χ1) is 3.98. The number of ketones is 1. The van der Waals surface area contributed by atoms with Crippen LogP contribution in [-0.4, -0.2) is 12.1 Å². The molecule has 55 valence electrons. The molecule has 0 bridgehead atoms. The van der Waals surface area contributed by atoms with Crippen LogP contribution in [0.25, 0.3) is 0 Å². The summed E-state index contributed by atoms with van der Waals surface area (Å²) >= 11 is 0. The maximum Gasteiger partial charge on any atom is 0.112 e. The molecule has 0 amide bonds. The maximum absolute atomic E-state index is 10.8. The first-order valence-corrected chi connectivity index (χ1v) is 2.87. The molecule has 1 radical (unpaired) electrons. The molecule has 0 aromatic carbocycles. The van der Waals surface area contributed by atoms with Crippen LogP contribution in [0.15, 0.2) is 0 Å². The second kappa shape index (κ2) is 5.14. The van der Waals surface area contributed by atoms with E-state index in [1.54, 1.807) is 27.1 Å². The summed E-state index contributed by atoms with van der Waals surface area (Å²) in [4.78, 5) is 20.5. The minimum absolute atomic E-state index is 0. The maximum atomic E-state index is 10.8. The van der Waals surface area contributed by atoms with E-state index in [1.165, 1.54) is 0 Å². The fourth-order valence-corrected chi connectivity index (χ4v) is 0.331. The number of carbonyl (C=O) groups excluding carboxylic acids is 2. The second-order valence-electron chi connectivity index (χ2n) is 2.99. The molecule has 2 nitrogen and oxygen atoms in total. The molecule has 10 heavy (non-hydrogen) atoms. The molecule has 0 aromatic rings. The average molecular weight is 216 g/mol. The summed E-state index contributed by atoms with van der Waals surface area (Å²) < 4.78 is 0. The van der Waals surface area contributed by atoms with Gasteiger partial charge in [0.1, 0.15) is 5.78 Å². The molecule has 0 aliphatic rings. The van der Waals surface area contributed by atoms with Gasteiger partial charge in [0.15, 0.2) is 0 Å². The summed E-state index contributed by atoms with van der Waals surface area (Å²) in [6.45, 7) is 5.35. The average Bonchev–Trinajstić information content (AvgIpc) is 1.64. The van der Waals surface area contributed by atoms with E-state index in [0.717, 1.165) is 0 Å². The largest absolute Gasteiger partial charge is 0.541 e. The van der Waals surface area contributed by atoms with Crippen LogP contribution in [0.3, 0.4) is 0 Å². The van der Waals surface area contributed by atoms with Gasteiger partial charge in [-0.3, -0.25) is 6.29 Å². The van der Waals surface area contributed by atoms with Crippen molar-refractivity contribution in [3.8, 4) is 0 Å². The fourth-order valence-electron chi connectivity index (χ4n) is 0.331. The predicted molar refractivity (Wildman–Crippen MR) is 34.8 cm³/mol. The molecule has 0 saturated carbocycles. The summed E-state index contributed by atoms with van der Waals surface area (Å²) in [6, 6.07) is 0. The first kappa shape index (κ1) is 13.1. The SMILES string of the molecule is CC(C)(C)C(=O)C[C-]=O.[Y]. The molecule has 0 fully saturated rings. The van der Waals surface area contributed by atoms with Crippen molar-refractivity contribution in [2.24, 2.45) is 5.41 Å². The molecule has 0 N–H and O–H groups in total. The first-order valence-electron chi connectivity index (χ1n) is 2.87. The molecule has 0 rings (SSSR count). The molecule has 0 spiro atoms. The van der Waals surface area contributed by atoms with Gasteiger partial charge in [-0.2, -0.15) is 0 Å². The molecule has 0 atom stereocenters. The van der Waals surface area contributed by atoms with Gasteiger partial charge in [0.2, 0.25) is 0 Å². The summed E-state index contributed by atoms with van der Waals surface area (Å²) in [5, 5.41) is 0. The predicted octanol–water partition coefficient (Wildman–Crippen LogP) is 1.10. The van der Waals surface area contributed by atoms with Crippen molar-refractivity contribution in [1.82, 2.24) is 0 Å².